The number of hydrogen-bond acceptors (Lipinski definition) is 4. The van der Waals surface area contributed by atoms with Gasteiger partial charge in [0.25, 0.3) is 0 Å². The minimum Gasteiger partial charge on any atom is -0.493 e. The molecule has 0 amide bonds. The molecule has 0 aliphatic rings. The fourth-order valence-electron chi connectivity index (χ4n) is 2.26. The number of halogens is 1. The number of carboxylic acid groups (broad SMARTS) is 1. The molecule has 0 unspecified atom stereocenters. The molecule has 0 aliphatic heterocycles. The minimum absolute atomic E-state index is 0.0655. The maximum Gasteiger partial charge on any atom is 0.506 e. The fourth-order valence-corrected chi connectivity index (χ4v) is 2.39. The van der Waals surface area contributed by atoms with Crippen LogP contribution in [0.4, 0.5) is 4.79 Å². The van der Waals surface area contributed by atoms with Crippen LogP contribution in [0.1, 0.15) is 11.1 Å². The van der Waals surface area contributed by atoms with E-state index in [9.17, 15) is 4.79 Å². The summed E-state index contributed by atoms with van der Waals surface area (Å²) >= 11 is 5.90. The van der Waals surface area contributed by atoms with E-state index in [-0.39, 0.29) is 6.61 Å². The number of rotatable bonds is 7. The summed E-state index contributed by atoms with van der Waals surface area (Å²) < 4.78 is 15.2. The normalized spacial score (nSPS) is 11.4. The van der Waals surface area contributed by atoms with Gasteiger partial charge in [0.15, 0.2) is 11.5 Å². The van der Waals surface area contributed by atoms with Crippen LogP contribution in [-0.4, -0.2) is 32.1 Å². The highest BCUT2D eigenvalue weighted by molar-refractivity contribution is 6.30. The molecular weight excluding hydrogens is 356 g/mol. The maximum atomic E-state index is 10.6. The Morgan fingerprint density at radius 1 is 1.08 bits per heavy atom. The van der Waals surface area contributed by atoms with Gasteiger partial charge in [0, 0.05) is 5.02 Å². The predicted molar refractivity (Wildman–Crippen MR) is 102 cm³/mol. The van der Waals surface area contributed by atoms with Crippen LogP contribution in [-0.2, 0) is 4.74 Å². The molecule has 0 heterocycles. The lowest BCUT2D eigenvalue weighted by atomic mass is 10.0. The molecule has 0 aromatic heterocycles. The fraction of sp³-hybridized carbons (Fsp3) is 0.150. The zero-order valence-electron chi connectivity index (χ0n) is 14.4. The molecule has 0 fully saturated rings. The van der Waals surface area contributed by atoms with E-state index in [1.54, 1.807) is 38.5 Å². The molecule has 1 N–H and O–H groups in total. The lowest BCUT2D eigenvalue weighted by molar-refractivity contribution is 0.102. The molecule has 5 nitrogen and oxygen atoms in total. The van der Waals surface area contributed by atoms with E-state index in [1.807, 2.05) is 36.4 Å². The summed E-state index contributed by atoms with van der Waals surface area (Å²) in [6.45, 7) is -0.0655. The zero-order valence-corrected chi connectivity index (χ0v) is 15.2. The van der Waals surface area contributed by atoms with Crippen LogP contribution in [0.25, 0.3) is 11.6 Å². The van der Waals surface area contributed by atoms with Crippen molar-refractivity contribution < 1.29 is 24.1 Å². The molecule has 2 aromatic rings. The van der Waals surface area contributed by atoms with Gasteiger partial charge in [-0.2, -0.15) is 0 Å². The second kappa shape index (κ2) is 9.53. The zero-order chi connectivity index (χ0) is 18.9. The van der Waals surface area contributed by atoms with E-state index < -0.39 is 6.16 Å². The third kappa shape index (κ3) is 5.57. The summed E-state index contributed by atoms with van der Waals surface area (Å²) in [5.41, 5.74) is 2.57. The third-order valence-electron chi connectivity index (χ3n) is 3.55. The molecule has 26 heavy (non-hydrogen) atoms. The molecule has 2 aromatic carbocycles. The van der Waals surface area contributed by atoms with Crippen LogP contribution >= 0.6 is 11.6 Å². The first kappa shape index (κ1) is 19.4. The number of methoxy groups -OCH3 is 2. The Hall–Kier alpha value is -2.92. The van der Waals surface area contributed by atoms with Gasteiger partial charge < -0.3 is 19.3 Å². The largest absolute Gasteiger partial charge is 0.506 e. The summed E-state index contributed by atoms with van der Waals surface area (Å²) in [4.78, 5) is 10.6. The molecule has 0 atom stereocenters. The summed E-state index contributed by atoms with van der Waals surface area (Å²) in [5, 5.41) is 9.32. The van der Waals surface area contributed by atoms with Crippen molar-refractivity contribution in [1.82, 2.24) is 0 Å². The smallest absolute Gasteiger partial charge is 0.493 e. The monoisotopic (exact) mass is 374 g/mol. The minimum atomic E-state index is -1.32. The number of benzene rings is 2. The molecule has 2 rings (SSSR count). The molecule has 136 valence electrons. The molecule has 0 spiro atoms. The second-order valence-electron chi connectivity index (χ2n) is 5.19. The Balaban J connectivity index is 2.34. The van der Waals surface area contributed by atoms with Crippen LogP contribution in [0.3, 0.4) is 0 Å². The van der Waals surface area contributed by atoms with E-state index >= 15 is 0 Å². The first-order valence-corrected chi connectivity index (χ1v) is 8.13. The van der Waals surface area contributed by atoms with Crippen molar-refractivity contribution in [2.24, 2.45) is 0 Å². The average molecular weight is 375 g/mol. The van der Waals surface area contributed by atoms with Crippen LogP contribution < -0.4 is 9.47 Å². The average Bonchev–Trinajstić information content (AvgIpc) is 2.65. The van der Waals surface area contributed by atoms with Gasteiger partial charge in [0.1, 0.15) is 6.61 Å². The van der Waals surface area contributed by atoms with E-state index in [0.29, 0.717) is 16.5 Å². The Bertz CT molecular complexity index is 809. The Morgan fingerprint density at radius 3 is 2.38 bits per heavy atom. The van der Waals surface area contributed by atoms with E-state index in [4.69, 9.17) is 26.2 Å². The van der Waals surface area contributed by atoms with Crippen molar-refractivity contribution in [3.05, 3.63) is 70.8 Å². The first-order valence-electron chi connectivity index (χ1n) is 7.75. The van der Waals surface area contributed by atoms with E-state index in [1.165, 1.54) is 0 Å². The number of hydrogen-bond donors (Lipinski definition) is 1. The summed E-state index contributed by atoms with van der Waals surface area (Å²) in [7, 11) is 3.12. The van der Waals surface area contributed by atoms with Gasteiger partial charge in [0.05, 0.1) is 14.2 Å². The van der Waals surface area contributed by atoms with Crippen molar-refractivity contribution in [1.29, 1.82) is 0 Å². The van der Waals surface area contributed by atoms with Gasteiger partial charge in [-0.15, -0.1) is 0 Å². The Labute approximate surface area is 157 Å². The van der Waals surface area contributed by atoms with E-state index in [0.717, 1.165) is 16.7 Å². The Kier molecular flexibility index (Phi) is 7.12. The SMILES string of the molecule is COc1ccc(C(C=Cc2ccc(Cl)cc2)=CCOC(=O)O)cc1OC. The van der Waals surface area contributed by atoms with Crippen LogP contribution in [0, 0.1) is 0 Å². The summed E-state index contributed by atoms with van der Waals surface area (Å²) in [5.74, 6) is 1.19. The third-order valence-corrected chi connectivity index (χ3v) is 3.80. The van der Waals surface area contributed by atoms with Gasteiger partial charge in [-0.25, -0.2) is 4.79 Å². The Morgan fingerprint density at radius 2 is 1.77 bits per heavy atom. The highest BCUT2D eigenvalue weighted by Gasteiger charge is 2.07. The molecule has 0 saturated heterocycles. The van der Waals surface area contributed by atoms with Crippen LogP contribution in [0.5, 0.6) is 11.5 Å². The van der Waals surface area contributed by atoms with Gasteiger partial charge >= 0.3 is 6.16 Å². The molecule has 0 bridgehead atoms. The van der Waals surface area contributed by atoms with Crippen molar-refractivity contribution in [2.45, 2.75) is 0 Å². The first-order chi connectivity index (χ1) is 12.5. The highest BCUT2D eigenvalue weighted by Crippen LogP contribution is 2.31. The van der Waals surface area contributed by atoms with Crippen molar-refractivity contribution in [2.75, 3.05) is 20.8 Å². The van der Waals surface area contributed by atoms with Gasteiger partial charge in [-0.3, -0.25) is 0 Å². The molecule has 0 saturated carbocycles. The highest BCUT2D eigenvalue weighted by atomic mass is 35.5. The number of ether oxygens (including phenoxy) is 3. The van der Waals surface area contributed by atoms with Crippen LogP contribution in [0.15, 0.2) is 54.6 Å². The summed E-state index contributed by atoms with van der Waals surface area (Å²) in [6.07, 6.45) is 4.13. The van der Waals surface area contributed by atoms with Gasteiger partial charge in [-0.05, 0) is 47.0 Å². The van der Waals surface area contributed by atoms with Crippen molar-refractivity contribution in [3.8, 4) is 11.5 Å². The molecule has 0 radical (unpaired) electrons. The van der Waals surface area contributed by atoms with Gasteiger partial charge in [0.2, 0.25) is 0 Å². The van der Waals surface area contributed by atoms with Crippen molar-refractivity contribution in [3.63, 3.8) is 0 Å². The van der Waals surface area contributed by atoms with Crippen molar-refractivity contribution >= 4 is 29.4 Å². The molecular formula is C20H19ClO5. The lowest BCUT2D eigenvalue weighted by Crippen LogP contribution is -2.00. The van der Waals surface area contributed by atoms with Crippen LogP contribution in [0.2, 0.25) is 5.02 Å². The topological polar surface area (TPSA) is 65.0 Å². The van der Waals surface area contributed by atoms with Gasteiger partial charge in [-0.1, -0.05) is 42.0 Å². The standard InChI is InChI=1S/C20H19ClO5/c1-24-18-10-7-16(13-19(18)25-2)15(11-12-26-20(22)23)6-3-14-4-8-17(21)9-5-14/h3-11,13H,12H2,1-2H3,(H,22,23). The lowest BCUT2D eigenvalue weighted by Gasteiger charge is -2.10. The molecule has 6 heteroatoms. The predicted octanol–water partition coefficient (Wildman–Crippen LogP) is 5.15. The quantitative estimate of drug-likeness (QED) is 0.536. The maximum absolute atomic E-state index is 10.6. The summed E-state index contributed by atoms with van der Waals surface area (Å²) in [6, 6.07) is 12.8. The number of allylic oxidation sites excluding steroid dienone is 2. The number of carbonyl (C=O) groups is 1. The molecule has 0 aliphatic carbocycles. The van der Waals surface area contributed by atoms with E-state index in [2.05, 4.69) is 4.74 Å². The second-order valence-corrected chi connectivity index (χ2v) is 5.63.